The molecule has 140 valence electrons. The molecular weight excluding hydrogens is 318 g/mol. The van der Waals surface area contributed by atoms with E-state index in [1.165, 1.54) is 18.4 Å². The molecule has 0 aliphatic carbocycles. The first-order valence-electron chi connectivity index (χ1n) is 9.08. The number of carbonyl (C=O) groups is 1. The molecule has 0 radical (unpaired) electrons. The summed E-state index contributed by atoms with van der Waals surface area (Å²) in [6.07, 6.45) is 1.86. The lowest BCUT2D eigenvalue weighted by Gasteiger charge is -2.19. The van der Waals surface area contributed by atoms with Crippen molar-refractivity contribution < 1.29 is 14.6 Å². The lowest BCUT2D eigenvalue weighted by atomic mass is 10.1. The average Bonchev–Trinajstić information content (AvgIpc) is 3.04. The highest BCUT2D eigenvalue weighted by atomic mass is 16.5. The number of β-amino-alcohol motifs (C(OH)–C–C–N with tert-alkyl or cyclic N) is 1. The van der Waals surface area contributed by atoms with Crippen molar-refractivity contribution >= 4 is 6.03 Å². The van der Waals surface area contributed by atoms with Gasteiger partial charge in [0.25, 0.3) is 0 Å². The fraction of sp³-hybridized carbons (Fsp3) is 0.632. The number of nitrogens with one attached hydrogen (secondary N) is 2. The molecule has 2 rings (SSSR count). The highest BCUT2D eigenvalue weighted by Crippen LogP contribution is 2.24. The summed E-state index contributed by atoms with van der Waals surface area (Å²) in [6, 6.07) is 3.90. The Hall–Kier alpha value is -1.79. The number of nitrogens with zero attached hydrogens (tertiary/aromatic N) is 1. The molecule has 0 bridgehead atoms. The van der Waals surface area contributed by atoms with E-state index in [0.717, 1.165) is 30.0 Å². The second-order valence-corrected chi connectivity index (χ2v) is 6.87. The molecule has 0 spiro atoms. The van der Waals surface area contributed by atoms with Crippen LogP contribution < -0.4 is 15.4 Å². The number of urea groups is 1. The van der Waals surface area contributed by atoms with Gasteiger partial charge in [0.05, 0.1) is 12.6 Å². The first-order valence-corrected chi connectivity index (χ1v) is 9.08. The molecule has 1 aromatic carbocycles. The summed E-state index contributed by atoms with van der Waals surface area (Å²) in [4.78, 5) is 14.0. The molecule has 1 aromatic rings. The van der Waals surface area contributed by atoms with Gasteiger partial charge in [-0.15, -0.1) is 0 Å². The van der Waals surface area contributed by atoms with Crippen LogP contribution in [0.15, 0.2) is 12.1 Å². The van der Waals surface area contributed by atoms with Crippen molar-refractivity contribution in [3.05, 3.63) is 28.8 Å². The zero-order valence-corrected chi connectivity index (χ0v) is 15.6. The maximum absolute atomic E-state index is 11.8. The Kier molecular flexibility index (Phi) is 7.52. The Morgan fingerprint density at radius 1 is 1.20 bits per heavy atom. The number of carbonyl (C=O) groups excluding carboxylic acids is 1. The summed E-state index contributed by atoms with van der Waals surface area (Å²) in [5.41, 5.74) is 3.42. The molecule has 0 aromatic heterocycles. The quantitative estimate of drug-likeness (QED) is 0.625. The predicted octanol–water partition coefficient (Wildman–Crippen LogP) is 1.75. The summed E-state index contributed by atoms with van der Waals surface area (Å²) in [5.74, 6) is 0.883. The molecule has 6 heteroatoms. The van der Waals surface area contributed by atoms with E-state index in [-0.39, 0.29) is 12.6 Å². The summed E-state index contributed by atoms with van der Waals surface area (Å²) in [7, 11) is 0. The molecule has 1 saturated heterocycles. The topological polar surface area (TPSA) is 73.8 Å². The number of benzene rings is 1. The smallest absolute Gasteiger partial charge is 0.315 e. The van der Waals surface area contributed by atoms with Crippen molar-refractivity contribution in [3.63, 3.8) is 0 Å². The van der Waals surface area contributed by atoms with E-state index in [0.29, 0.717) is 19.7 Å². The van der Waals surface area contributed by atoms with Crippen LogP contribution in [0.2, 0.25) is 0 Å². The molecule has 2 amide bonds. The Labute approximate surface area is 150 Å². The van der Waals surface area contributed by atoms with Crippen LogP contribution in [0.4, 0.5) is 4.79 Å². The molecule has 1 aliphatic heterocycles. The van der Waals surface area contributed by atoms with Crippen molar-refractivity contribution in [3.8, 4) is 5.75 Å². The summed E-state index contributed by atoms with van der Waals surface area (Å²) in [5, 5.41) is 15.4. The molecule has 1 heterocycles. The van der Waals surface area contributed by atoms with Crippen molar-refractivity contribution in [2.75, 3.05) is 39.3 Å². The van der Waals surface area contributed by atoms with Crippen LogP contribution in [0.5, 0.6) is 5.75 Å². The third-order valence-corrected chi connectivity index (χ3v) is 4.40. The Morgan fingerprint density at radius 3 is 2.48 bits per heavy atom. The molecule has 6 nitrogen and oxygen atoms in total. The van der Waals surface area contributed by atoms with Gasteiger partial charge in [-0.25, -0.2) is 4.79 Å². The van der Waals surface area contributed by atoms with Crippen molar-refractivity contribution in [1.29, 1.82) is 0 Å². The zero-order valence-electron chi connectivity index (χ0n) is 15.6. The molecule has 3 N–H and O–H groups in total. The fourth-order valence-electron chi connectivity index (χ4n) is 3.31. The van der Waals surface area contributed by atoms with Crippen LogP contribution >= 0.6 is 0 Å². The van der Waals surface area contributed by atoms with Crippen LogP contribution in [0.25, 0.3) is 0 Å². The summed E-state index contributed by atoms with van der Waals surface area (Å²) >= 11 is 0. The van der Waals surface area contributed by atoms with E-state index in [2.05, 4.69) is 34.6 Å². The zero-order chi connectivity index (χ0) is 18.2. The lowest BCUT2D eigenvalue weighted by molar-refractivity contribution is 0.124. The monoisotopic (exact) mass is 349 g/mol. The van der Waals surface area contributed by atoms with Crippen LogP contribution in [-0.2, 0) is 0 Å². The van der Waals surface area contributed by atoms with Crippen molar-refractivity contribution in [1.82, 2.24) is 15.5 Å². The van der Waals surface area contributed by atoms with Gasteiger partial charge in [-0.2, -0.15) is 0 Å². The lowest BCUT2D eigenvalue weighted by Crippen LogP contribution is -2.44. The molecule has 1 fully saturated rings. The average molecular weight is 349 g/mol. The van der Waals surface area contributed by atoms with E-state index < -0.39 is 6.10 Å². The molecule has 1 atom stereocenters. The van der Waals surface area contributed by atoms with Gasteiger partial charge in [0, 0.05) is 13.1 Å². The minimum absolute atomic E-state index is 0.263. The van der Waals surface area contributed by atoms with Gasteiger partial charge in [-0.05, 0) is 57.8 Å². The van der Waals surface area contributed by atoms with E-state index in [4.69, 9.17) is 4.74 Å². The molecule has 1 aliphatic rings. The Balaban J connectivity index is 1.60. The van der Waals surface area contributed by atoms with Crippen molar-refractivity contribution in [2.24, 2.45) is 0 Å². The van der Waals surface area contributed by atoms with Gasteiger partial charge in [0.1, 0.15) is 12.4 Å². The second-order valence-electron chi connectivity index (χ2n) is 6.87. The third kappa shape index (κ3) is 6.55. The Bertz CT molecular complexity index is 548. The predicted molar refractivity (Wildman–Crippen MR) is 99.2 cm³/mol. The molecule has 0 saturated carbocycles. The number of rotatable bonds is 8. The largest absolute Gasteiger partial charge is 0.491 e. The van der Waals surface area contributed by atoms with Gasteiger partial charge < -0.3 is 25.4 Å². The first-order chi connectivity index (χ1) is 12.0. The van der Waals surface area contributed by atoms with Crippen LogP contribution in [0.1, 0.15) is 29.5 Å². The summed E-state index contributed by atoms with van der Waals surface area (Å²) in [6.45, 7) is 9.91. The number of likely N-dealkylation sites (tertiary alicyclic amines) is 1. The highest BCUT2D eigenvalue weighted by molar-refractivity contribution is 5.73. The van der Waals surface area contributed by atoms with Crippen LogP contribution in [-0.4, -0.2) is 61.5 Å². The minimum Gasteiger partial charge on any atom is -0.491 e. The number of amides is 2. The highest BCUT2D eigenvalue weighted by Gasteiger charge is 2.16. The SMILES string of the molecule is Cc1cc(C)c(OCCNC(=O)NC[C@H](O)CN2CCCC2)c(C)c1. The standard InChI is InChI=1S/C19H31N3O3/c1-14-10-15(2)18(16(3)11-14)25-9-6-20-19(24)21-12-17(23)13-22-7-4-5-8-22/h10-11,17,23H,4-9,12-13H2,1-3H3,(H2,20,21,24)/t17-/m0/s1. The second kappa shape index (κ2) is 9.63. The number of aryl methyl sites for hydroxylation is 3. The van der Waals surface area contributed by atoms with Gasteiger partial charge in [0.2, 0.25) is 0 Å². The van der Waals surface area contributed by atoms with Crippen LogP contribution in [0.3, 0.4) is 0 Å². The number of hydrogen-bond donors (Lipinski definition) is 3. The Morgan fingerprint density at radius 2 is 1.84 bits per heavy atom. The number of aliphatic hydroxyl groups excluding tert-OH is 1. The normalized spacial score (nSPS) is 15.8. The number of ether oxygens (including phenoxy) is 1. The van der Waals surface area contributed by atoms with Gasteiger partial charge in [-0.1, -0.05) is 17.7 Å². The number of aliphatic hydroxyl groups is 1. The molecule has 25 heavy (non-hydrogen) atoms. The van der Waals surface area contributed by atoms with Crippen molar-refractivity contribution in [2.45, 2.75) is 39.7 Å². The summed E-state index contributed by atoms with van der Waals surface area (Å²) < 4.78 is 5.79. The van der Waals surface area contributed by atoms with E-state index in [9.17, 15) is 9.90 Å². The van der Waals surface area contributed by atoms with E-state index in [1.54, 1.807) is 0 Å². The maximum Gasteiger partial charge on any atom is 0.315 e. The van der Waals surface area contributed by atoms with Crippen LogP contribution in [0, 0.1) is 20.8 Å². The fourth-order valence-corrected chi connectivity index (χ4v) is 3.31. The van der Waals surface area contributed by atoms with E-state index in [1.807, 2.05) is 13.8 Å². The third-order valence-electron chi connectivity index (χ3n) is 4.40. The van der Waals surface area contributed by atoms with Gasteiger partial charge in [-0.3, -0.25) is 0 Å². The van der Waals surface area contributed by atoms with Gasteiger partial charge >= 0.3 is 6.03 Å². The first kappa shape index (κ1) is 19.5. The van der Waals surface area contributed by atoms with E-state index >= 15 is 0 Å². The maximum atomic E-state index is 11.8. The van der Waals surface area contributed by atoms with Gasteiger partial charge in [0.15, 0.2) is 0 Å². The minimum atomic E-state index is -0.530. The molecule has 0 unspecified atom stereocenters. The number of hydrogen-bond acceptors (Lipinski definition) is 4. The molecular formula is C19H31N3O3.